The largest absolute Gasteiger partial charge is 0.466 e. The van der Waals surface area contributed by atoms with E-state index in [-0.39, 0.29) is 5.97 Å². The van der Waals surface area contributed by atoms with E-state index < -0.39 is 0 Å². The summed E-state index contributed by atoms with van der Waals surface area (Å²) in [6, 6.07) is 0. The van der Waals surface area contributed by atoms with E-state index in [4.69, 9.17) is 4.74 Å². The number of carbonyl (C=O) groups excluding carboxylic acids is 1. The molecule has 0 spiro atoms. The molecular weight excluding hydrogens is 164 g/mol. The highest BCUT2D eigenvalue weighted by atomic mass is 16.5. The number of hydrogen-bond donors (Lipinski definition) is 0. The summed E-state index contributed by atoms with van der Waals surface area (Å²) in [7, 11) is 0. The first-order valence-corrected chi connectivity index (χ1v) is 4.40. The fourth-order valence-corrected chi connectivity index (χ4v) is 1.19. The van der Waals surface area contributed by atoms with Crippen molar-refractivity contribution < 1.29 is 9.53 Å². The lowest BCUT2D eigenvalue weighted by Gasteiger charge is -2.09. The Balaban J connectivity index is 4.08. The third-order valence-corrected chi connectivity index (χ3v) is 1.78. The van der Waals surface area contributed by atoms with Crippen LogP contribution in [0.3, 0.4) is 0 Å². The molecule has 0 N–H and O–H groups in total. The molecule has 2 heteroatoms. The molecule has 74 valence electrons. The molecular formula is C11H18O2. The molecule has 13 heavy (non-hydrogen) atoms. The highest BCUT2D eigenvalue weighted by molar-refractivity contribution is 5.65. The normalized spacial score (nSPS) is 9.23. The first kappa shape index (κ1) is 11.9. The lowest BCUT2D eigenvalue weighted by molar-refractivity contribution is -0.140. The van der Waals surface area contributed by atoms with E-state index in [1.165, 1.54) is 18.1 Å². The Kier molecular flexibility index (Phi) is 5.12. The van der Waals surface area contributed by atoms with Crippen LogP contribution in [-0.4, -0.2) is 12.6 Å². The molecule has 2 nitrogen and oxygen atoms in total. The molecule has 0 aromatic heterocycles. The number of hydrogen-bond acceptors (Lipinski definition) is 2. The van der Waals surface area contributed by atoms with Crippen molar-refractivity contribution in [2.75, 3.05) is 6.61 Å². The first-order chi connectivity index (χ1) is 5.95. The third-order valence-electron chi connectivity index (χ3n) is 1.78. The van der Waals surface area contributed by atoms with Crippen molar-refractivity contribution in [3.8, 4) is 0 Å². The number of rotatable bonds is 4. The summed E-state index contributed by atoms with van der Waals surface area (Å²) in [4.78, 5) is 10.5. The van der Waals surface area contributed by atoms with E-state index in [0.717, 1.165) is 12.0 Å². The van der Waals surface area contributed by atoms with Crippen LogP contribution < -0.4 is 0 Å². The minimum atomic E-state index is -0.227. The molecule has 0 aliphatic carbocycles. The summed E-state index contributed by atoms with van der Waals surface area (Å²) in [5.41, 5.74) is 3.48. The molecule has 0 heterocycles. The number of carbonyl (C=O) groups is 1. The summed E-state index contributed by atoms with van der Waals surface area (Å²) in [6.45, 7) is 11.8. The summed E-state index contributed by atoms with van der Waals surface area (Å²) in [5.74, 6) is -0.227. The first-order valence-electron chi connectivity index (χ1n) is 4.40. The van der Waals surface area contributed by atoms with Crippen molar-refractivity contribution in [2.24, 2.45) is 0 Å². The monoisotopic (exact) mass is 182 g/mol. The van der Waals surface area contributed by atoms with Crippen LogP contribution in [0.5, 0.6) is 0 Å². The smallest absolute Gasteiger partial charge is 0.302 e. The summed E-state index contributed by atoms with van der Waals surface area (Å²) in [6.07, 6.45) is 0.761. The maximum absolute atomic E-state index is 10.5. The highest BCUT2D eigenvalue weighted by Gasteiger charge is 2.01. The highest BCUT2D eigenvalue weighted by Crippen LogP contribution is 2.16. The minimum absolute atomic E-state index is 0.227. The molecule has 0 saturated carbocycles. The van der Waals surface area contributed by atoms with Gasteiger partial charge in [-0.25, -0.2) is 0 Å². The third kappa shape index (κ3) is 5.23. The minimum Gasteiger partial charge on any atom is -0.466 e. The lowest BCUT2D eigenvalue weighted by atomic mass is 10.0. The van der Waals surface area contributed by atoms with Crippen molar-refractivity contribution in [2.45, 2.75) is 34.1 Å². The Hall–Kier alpha value is -1.05. The van der Waals surface area contributed by atoms with Crippen molar-refractivity contribution in [1.82, 2.24) is 0 Å². The van der Waals surface area contributed by atoms with Crippen molar-refractivity contribution in [3.63, 3.8) is 0 Å². The Morgan fingerprint density at radius 3 is 2.08 bits per heavy atom. The topological polar surface area (TPSA) is 26.3 Å². The Labute approximate surface area is 80.3 Å². The van der Waals surface area contributed by atoms with Crippen LogP contribution in [-0.2, 0) is 9.53 Å². The predicted molar refractivity (Wildman–Crippen MR) is 54.4 cm³/mol. The molecule has 0 rings (SSSR count). The molecule has 0 radical (unpaired) electrons. The average Bonchev–Trinajstić information content (AvgIpc) is 1.95. The number of allylic oxidation sites excluding steroid dienone is 2. The van der Waals surface area contributed by atoms with E-state index >= 15 is 0 Å². The van der Waals surface area contributed by atoms with Crippen molar-refractivity contribution in [3.05, 3.63) is 23.3 Å². The van der Waals surface area contributed by atoms with Gasteiger partial charge in [0.25, 0.3) is 0 Å². The molecule has 0 aliphatic heterocycles. The van der Waals surface area contributed by atoms with Crippen molar-refractivity contribution >= 4 is 5.97 Å². The SMILES string of the molecule is C=C(C)C(CCOC(C)=O)=C(C)C. The van der Waals surface area contributed by atoms with E-state index in [2.05, 4.69) is 6.58 Å². The van der Waals surface area contributed by atoms with Gasteiger partial charge in [-0.2, -0.15) is 0 Å². The van der Waals surface area contributed by atoms with E-state index in [0.29, 0.717) is 6.61 Å². The maximum atomic E-state index is 10.5. The summed E-state index contributed by atoms with van der Waals surface area (Å²) >= 11 is 0. The molecule has 0 bridgehead atoms. The Morgan fingerprint density at radius 1 is 1.23 bits per heavy atom. The quantitative estimate of drug-likeness (QED) is 0.493. The van der Waals surface area contributed by atoms with E-state index in [1.807, 2.05) is 20.8 Å². The zero-order chi connectivity index (χ0) is 10.4. The molecule has 0 saturated heterocycles. The molecule has 0 aromatic rings. The van der Waals surface area contributed by atoms with Gasteiger partial charge in [0.2, 0.25) is 0 Å². The van der Waals surface area contributed by atoms with Gasteiger partial charge >= 0.3 is 5.97 Å². The summed E-state index contributed by atoms with van der Waals surface area (Å²) in [5, 5.41) is 0. The molecule has 0 atom stereocenters. The molecule has 0 fully saturated rings. The van der Waals surface area contributed by atoms with Gasteiger partial charge in [-0.1, -0.05) is 17.7 Å². The van der Waals surface area contributed by atoms with Crippen LogP contribution in [0.25, 0.3) is 0 Å². The van der Waals surface area contributed by atoms with Crippen LogP contribution in [0.2, 0.25) is 0 Å². The molecule has 0 unspecified atom stereocenters. The van der Waals surface area contributed by atoms with Gasteiger partial charge in [0.05, 0.1) is 6.61 Å². The second kappa shape index (κ2) is 5.57. The van der Waals surface area contributed by atoms with Crippen LogP contribution in [0, 0.1) is 0 Å². The molecule has 0 amide bonds. The van der Waals surface area contributed by atoms with Crippen LogP contribution >= 0.6 is 0 Å². The van der Waals surface area contributed by atoms with Crippen LogP contribution in [0.15, 0.2) is 23.3 Å². The van der Waals surface area contributed by atoms with Crippen LogP contribution in [0.4, 0.5) is 0 Å². The average molecular weight is 182 g/mol. The van der Waals surface area contributed by atoms with Crippen molar-refractivity contribution in [1.29, 1.82) is 0 Å². The second-order valence-electron chi connectivity index (χ2n) is 3.35. The van der Waals surface area contributed by atoms with E-state index in [1.54, 1.807) is 0 Å². The van der Waals surface area contributed by atoms with E-state index in [9.17, 15) is 4.79 Å². The standard InChI is InChI=1S/C11H18O2/c1-8(2)11(9(3)4)6-7-13-10(5)12/h1,6-7H2,2-5H3. The molecule has 0 aromatic carbocycles. The van der Waals surface area contributed by atoms with Gasteiger partial charge in [0, 0.05) is 13.3 Å². The van der Waals surface area contributed by atoms with Crippen LogP contribution in [0.1, 0.15) is 34.1 Å². The van der Waals surface area contributed by atoms with Gasteiger partial charge in [-0.15, -0.1) is 0 Å². The van der Waals surface area contributed by atoms with Gasteiger partial charge < -0.3 is 4.74 Å². The number of ether oxygens (including phenoxy) is 1. The number of esters is 1. The Bertz CT molecular complexity index is 232. The maximum Gasteiger partial charge on any atom is 0.302 e. The fourth-order valence-electron chi connectivity index (χ4n) is 1.19. The van der Waals surface area contributed by atoms with Gasteiger partial charge in [0.1, 0.15) is 0 Å². The second-order valence-corrected chi connectivity index (χ2v) is 3.35. The zero-order valence-electron chi connectivity index (χ0n) is 8.94. The van der Waals surface area contributed by atoms with Gasteiger partial charge in [-0.3, -0.25) is 4.79 Å². The zero-order valence-corrected chi connectivity index (χ0v) is 8.94. The molecule has 0 aliphatic rings. The summed E-state index contributed by atoms with van der Waals surface area (Å²) < 4.78 is 4.86. The van der Waals surface area contributed by atoms with Gasteiger partial charge in [-0.05, 0) is 26.3 Å². The lowest BCUT2D eigenvalue weighted by Crippen LogP contribution is -2.02. The fraction of sp³-hybridized carbons (Fsp3) is 0.545. The Morgan fingerprint density at radius 2 is 1.77 bits per heavy atom. The predicted octanol–water partition coefficient (Wildman–Crippen LogP) is 2.85. The van der Waals surface area contributed by atoms with Gasteiger partial charge in [0.15, 0.2) is 0 Å².